The summed E-state index contributed by atoms with van der Waals surface area (Å²) in [5.41, 5.74) is 1.91. The average molecular weight is 427 g/mol. The van der Waals surface area contributed by atoms with Gasteiger partial charge in [-0.15, -0.1) is 0 Å². The van der Waals surface area contributed by atoms with Gasteiger partial charge in [-0.2, -0.15) is 0 Å². The van der Waals surface area contributed by atoms with E-state index in [2.05, 4.69) is 31.2 Å². The molecule has 1 aromatic carbocycles. The van der Waals surface area contributed by atoms with E-state index in [1.54, 1.807) is 0 Å². The van der Waals surface area contributed by atoms with Gasteiger partial charge in [-0.05, 0) is 99.2 Å². The molecule has 4 aliphatic carbocycles. The van der Waals surface area contributed by atoms with E-state index in [0.29, 0.717) is 12.0 Å². The highest BCUT2D eigenvalue weighted by atomic mass is 16.6. The van der Waals surface area contributed by atoms with Gasteiger partial charge < -0.3 is 9.47 Å². The van der Waals surface area contributed by atoms with Crippen LogP contribution in [0.15, 0.2) is 24.3 Å². The number of benzene rings is 1. The molecule has 5 rings (SSSR count). The van der Waals surface area contributed by atoms with Gasteiger partial charge in [0.2, 0.25) is 0 Å². The molecule has 4 saturated carbocycles. The number of ether oxygens (including phenoxy) is 2. The molecule has 3 nitrogen and oxygen atoms in total. The highest BCUT2D eigenvalue weighted by Gasteiger charge is 2.51. The monoisotopic (exact) mass is 426 g/mol. The Morgan fingerprint density at radius 3 is 2.06 bits per heavy atom. The van der Waals surface area contributed by atoms with Crippen LogP contribution in [0.5, 0.6) is 5.75 Å². The Bertz CT molecular complexity index is 672. The summed E-state index contributed by atoms with van der Waals surface area (Å²) < 4.78 is 11.5. The molecule has 0 radical (unpaired) electrons. The number of carbonyl (C=O) groups excluding carboxylic acids is 1. The summed E-state index contributed by atoms with van der Waals surface area (Å²) in [6, 6.07) is 8.77. The second-order valence-electron chi connectivity index (χ2n) is 10.6. The van der Waals surface area contributed by atoms with Gasteiger partial charge in [-0.25, -0.2) is 4.79 Å². The number of unbranched alkanes of at least 4 members (excludes halogenated alkanes) is 5. The molecule has 0 saturated heterocycles. The van der Waals surface area contributed by atoms with Gasteiger partial charge in [-0.1, -0.05) is 51.2 Å². The van der Waals surface area contributed by atoms with Crippen LogP contribution in [0.2, 0.25) is 0 Å². The fourth-order valence-electron chi connectivity index (χ4n) is 7.09. The summed E-state index contributed by atoms with van der Waals surface area (Å²) in [4.78, 5) is 12.5. The van der Waals surface area contributed by atoms with Crippen molar-refractivity contribution in [2.24, 2.45) is 17.8 Å². The van der Waals surface area contributed by atoms with E-state index >= 15 is 0 Å². The maximum absolute atomic E-state index is 12.5. The molecule has 31 heavy (non-hydrogen) atoms. The third kappa shape index (κ3) is 5.46. The zero-order valence-electron chi connectivity index (χ0n) is 19.7. The largest absolute Gasteiger partial charge is 0.479 e. The van der Waals surface area contributed by atoms with Crippen molar-refractivity contribution in [2.75, 3.05) is 6.61 Å². The van der Waals surface area contributed by atoms with Crippen molar-refractivity contribution in [2.45, 2.75) is 109 Å². The minimum absolute atomic E-state index is 0.221. The van der Waals surface area contributed by atoms with Crippen LogP contribution in [0, 0.1) is 17.8 Å². The molecule has 0 aromatic heterocycles. The molecule has 1 unspecified atom stereocenters. The molecular formula is C28H42O3. The van der Waals surface area contributed by atoms with Gasteiger partial charge in [0.15, 0.2) is 6.10 Å². The van der Waals surface area contributed by atoms with Crippen molar-refractivity contribution in [1.29, 1.82) is 0 Å². The molecule has 4 fully saturated rings. The molecule has 1 aromatic rings. The minimum atomic E-state index is -0.489. The zero-order valence-corrected chi connectivity index (χ0v) is 19.7. The van der Waals surface area contributed by atoms with Gasteiger partial charge in [0, 0.05) is 0 Å². The Labute approximate surface area is 189 Å². The first kappa shape index (κ1) is 22.7. The van der Waals surface area contributed by atoms with Crippen LogP contribution in [0.3, 0.4) is 0 Å². The van der Waals surface area contributed by atoms with Gasteiger partial charge in [0.05, 0.1) is 6.61 Å². The maximum atomic E-state index is 12.5. The van der Waals surface area contributed by atoms with Crippen LogP contribution in [-0.2, 0) is 14.9 Å². The van der Waals surface area contributed by atoms with E-state index in [0.717, 1.165) is 42.8 Å². The summed E-state index contributed by atoms with van der Waals surface area (Å²) in [7, 11) is 0. The molecule has 0 amide bonds. The molecular weight excluding hydrogens is 384 g/mol. The van der Waals surface area contributed by atoms with E-state index in [1.807, 2.05) is 6.92 Å². The predicted octanol–water partition coefficient (Wildman–Crippen LogP) is 7.22. The highest BCUT2D eigenvalue weighted by molar-refractivity contribution is 5.75. The number of rotatable bonds is 12. The Morgan fingerprint density at radius 1 is 0.903 bits per heavy atom. The topological polar surface area (TPSA) is 35.5 Å². The minimum Gasteiger partial charge on any atom is -0.479 e. The third-order valence-electron chi connectivity index (χ3n) is 8.15. The lowest BCUT2D eigenvalue weighted by atomic mass is 9.48. The number of hydrogen-bond acceptors (Lipinski definition) is 3. The van der Waals surface area contributed by atoms with E-state index in [-0.39, 0.29) is 5.97 Å². The molecule has 0 spiro atoms. The van der Waals surface area contributed by atoms with Crippen molar-refractivity contribution < 1.29 is 14.3 Å². The van der Waals surface area contributed by atoms with E-state index < -0.39 is 6.10 Å². The van der Waals surface area contributed by atoms with Crippen molar-refractivity contribution in [3.63, 3.8) is 0 Å². The summed E-state index contributed by atoms with van der Waals surface area (Å²) in [5, 5.41) is 0. The molecule has 0 heterocycles. The van der Waals surface area contributed by atoms with Crippen LogP contribution in [0.1, 0.15) is 103 Å². The fraction of sp³-hybridized carbons (Fsp3) is 0.750. The fourth-order valence-corrected chi connectivity index (χ4v) is 7.09. The molecule has 1 atom stereocenters. The van der Waals surface area contributed by atoms with Crippen molar-refractivity contribution in [3.8, 4) is 5.75 Å². The van der Waals surface area contributed by atoms with Crippen LogP contribution in [0.4, 0.5) is 0 Å². The number of carbonyl (C=O) groups is 1. The lowest BCUT2D eigenvalue weighted by molar-refractivity contribution is -0.151. The first-order chi connectivity index (χ1) is 15.1. The SMILES string of the molecule is CCCCCCCCC(Oc1ccc(C23CC4CC(CC(C4)C2)C3)cc1)C(=O)OCC. The Hall–Kier alpha value is -1.51. The Morgan fingerprint density at radius 2 is 1.48 bits per heavy atom. The average Bonchev–Trinajstić information content (AvgIpc) is 2.75. The number of esters is 1. The first-order valence-corrected chi connectivity index (χ1v) is 13.1. The molecule has 172 valence electrons. The molecule has 4 aliphatic rings. The zero-order chi connectivity index (χ0) is 21.7. The van der Waals surface area contributed by atoms with Crippen LogP contribution in [0.25, 0.3) is 0 Å². The smallest absolute Gasteiger partial charge is 0.347 e. The van der Waals surface area contributed by atoms with Gasteiger partial charge in [0.25, 0.3) is 0 Å². The lowest BCUT2D eigenvalue weighted by Gasteiger charge is -2.57. The van der Waals surface area contributed by atoms with Gasteiger partial charge in [-0.3, -0.25) is 0 Å². The third-order valence-corrected chi connectivity index (χ3v) is 8.15. The molecule has 0 aliphatic heterocycles. The van der Waals surface area contributed by atoms with E-state index in [9.17, 15) is 4.79 Å². The van der Waals surface area contributed by atoms with Gasteiger partial charge >= 0.3 is 5.97 Å². The summed E-state index contributed by atoms with van der Waals surface area (Å²) in [5.74, 6) is 3.44. The second kappa shape index (κ2) is 10.4. The number of hydrogen-bond donors (Lipinski definition) is 0. The molecule has 3 heteroatoms. The Balaban J connectivity index is 1.35. The van der Waals surface area contributed by atoms with E-state index in [4.69, 9.17) is 9.47 Å². The van der Waals surface area contributed by atoms with Crippen molar-refractivity contribution >= 4 is 5.97 Å². The van der Waals surface area contributed by atoms with E-state index in [1.165, 1.54) is 69.8 Å². The van der Waals surface area contributed by atoms with Crippen LogP contribution >= 0.6 is 0 Å². The molecule has 0 N–H and O–H groups in total. The molecule has 4 bridgehead atoms. The first-order valence-electron chi connectivity index (χ1n) is 13.1. The summed E-state index contributed by atoms with van der Waals surface area (Å²) in [6.07, 6.45) is 16.0. The van der Waals surface area contributed by atoms with Crippen LogP contribution < -0.4 is 4.74 Å². The Kier molecular flexibility index (Phi) is 7.61. The maximum Gasteiger partial charge on any atom is 0.347 e. The standard InChI is InChI=1S/C28H42O3/c1-3-5-6-7-8-9-10-26(27(29)30-4-2)31-25-13-11-24(12-14-25)28-18-21-15-22(19-28)17-23(16-21)20-28/h11-14,21-23,26H,3-10,15-20H2,1-2H3. The highest BCUT2D eigenvalue weighted by Crippen LogP contribution is 2.60. The quantitative estimate of drug-likeness (QED) is 0.261. The predicted molar refractivity (Wildman–Crippen MR) is 125 cm³/mol. The van der Waals surface area contributed by atoms with Crippen molar-refractivity contribution in [1.82, 2.24) is 0 Å². The summed E-state index contributed by atoms with van der Waals surface area (Å²) in [6.45, 7) is 4.50. The normalized spacial score (nSPS) is 29.7. The summed E-state index contributed by atoms with van der Waals surface area (Å²) >= 11 is 0. The van der Waals surface area contributed by atoms with Crippen molar-refractivity contribution in [3.05, 3.63) is 29.8 Å². The van der Waals surface area contributed by atoms with Gasteiger partial charge in [0.1, 0.15) is 5.75 Å². The van der Waals surface area contributed by atoms with Crippen LogP contribution in [-0.4, -0.2) is 18.7 Å². The second-order valence-corrected chi connectivity index (χ2v) is 10.6. The lowest BCUT2D eigenvalue weighted by Crippen LogP contribution is -2.48.